The van der Waals surface area contributed by atoms with Crippen LogP contribution in [0.25, 0.3) is 11.1 Å². The molecule has 3 aromatic rings. The number of nitrogens with two attached hydrogens (primary N) is 1. The molecule has 0 unspecified atom stereocenters. The number of benzene rings is 3. The molecule has 4 nitrogen and oxygen atoms in total. The van der Waals surface area contributed by atoms with Gasteiger partial charge in [-0.15, -0.1) is 5.54 Å². The SMILES string of the molecule is Cc1c(N)cc(CNC(=O)OCC2c3ccccc3-c3ccccc32)cc1C#C[Si](C)(C)C. The molecule has 5 heteroatoms. The van der Waals surface area contributed by atoms with Gasteiger partial charge in [-0.3, -0.25) is 0 Å². The fourth-order valence-corrected chi connectivity index (χ4v) is 4.62. The first-order valence-electron chi connectivity index (χ1n) is 11.2. The number of rotatable bonds is 4. The van der Waals surface area contributed by atoms with Crippen molar-refractivity contribution in [2.24, 2.45) is 0 Å². The third-order valence-corrected chi connectivity index (χ3v) is 6.74. The molecule has 0 radical (unpaired) electrons. The molecule has 0 saturated carbocycles. The number of hydrogen-bond acceptors (Lipinski definition) is 3. The van der Waals surface area contributed by atoms with Crippen molar-refractivity contribution in [1.82, 2.24) is 5.32 Å². The molecule has 1 amide bonds. The van der Waals surface area contributed by atoms with Gasteiger partial charge in [-0.1, -0.05) is 74.1 Å². The Labute approximate surface area is 197 Å². The van der Waals surface area contributed by atoms with E-state index in [-0.39, 0.29) is 5.92 Å². The zero-order valence-corrected chi connectivity index (χ0v) is 20.7. The van der Waals surface area contributed by atoms with Gasteiger partial charge in [0, 0.05) is 23.7 Å². The quantitative estimate of drug-likeness (QED) is 0.295. The molecule has 0 fully saturated rings. The second-order valence-corrected chi connectivity index (χ2v) is 14.3. The third kappa shape index (κ3) is 5.13. The molecule has 1 aliphatic carbocycles. The molecule has 0 saturated heterocycles. The Kier molecular flexibility index (Phi) is 6.30. The van der Waals surface area contributed by atoms with E-state index in [1.807, 2.05) is 43.3 Å². The number of hydrogen-bond donors (Lipinski definition) is 2. The Hall–Kier alpha value is -3.49. The van der Waals surface area contributed by atoms with Crippen molar-refractivity contribution >= 4 is 19.9 Å². The summed E-state index contributed by atoms with van der Waals surface area (Å²) in [5.74, 6) is 3.33. The standard InChI is InChI=1S/C28H30N2O2Si/c1-19-21(13-14-33(2,3)4)15-20(16-27(19)29)17-30-28(31)32-18-26-24-11-7-5-9-22(24)23-10-6-8-12-25(23)26/h5-12,15-16,26H,17-18,29H2,1-4H3,(H,30,31). The summed E-state index contributed by atoms with van der Waals surface area (Å²) in [6.07, 6.45) is -0.439. The fourth-order valence-electron chi connectivity index (χ4n) is 4.11. The largest absolute Gasteiger partial charge is 0.449 e. The predicted octanol–water partition coefficient (Wildman–Crippen LogP) is 5.84. The molecular formula is C28H30N2O2Si. The number of carbonyl (C=O) groups excluding carboxylic acids is 1. The number of amides is 1. The van der Waals surface area contributed by atoms with E-state index in [0.717, 1.165) is 16.7 Å². The highest BCUT2D eigenvalue weighted by Gasteiger charge is 2.28. The molecule has 0 spiro atoms. The Bertz CT molecular complexity index is 1220. The maximum atomic E-state index is 12.5. The summed E-state index contributed by atoms with van der Waals surface area (Å²) < 4.78 is 5.63. The van der Waals surface area contributed by atoms with Crippen molar-refractivity contribution in [3.05, 3.63) is 88.5 Å². The van der Waals surface area contributed by atoms with Crippen LogP contribution in [0.3, 0.4) is 0 Å². The minimum Gasteiger partial charge on any atom is -0.449 e. The smallest absolute Gasteiger partial charge is 0.407 e. The third-order valence-electron chi connectivity index (χ3n) is 5.86. The van der Waals surface area contributed by atoms with Gasteiger partial charge >= 0.3 is 6.09 Å². The zero-order chi connectivity index (χ0) is 23.6. The molecule has 0 atom stereocenters. The van der Waals surface area contributed by atoms with Crippen LogP contribution in [0, 0.1) is 18.4 Å². The van der Waals surface area contributed by atoms with E-state index in [0.29, 0.717) is 18.8 Å². The van der Waals surface area contributed by atoms with Crippen molar-refractivity contribution in [1.29, 1.82) is 0 Å². The Balaban J connectivity index is 1.42. The van der Waals surface area contributed by atoms with E-state index in [9.17, 15) is 4.79 Å². The van der Waals surface area contributed by atoms with Crippen LogP contribution in [-0.2, 0) is 11.3 Å². The van der Waals surface area contributed by atoms with Crippen LogP contribution >= 0.6 is 0 Å². The average molecular weight is 455 g/mol. The molecule has 0 aliphatic heterocycles. The number of anilines is 1. The van der Waals surface area contributed by atoms with Gasteiger partial charge in [0.05, 0.1) is 0 Å². The number of carbonyl (C=O) groups is 1. The van der Waals surface area contributed by atoms with Crippen LogP contribution in [0.15, 0.2) is 60.7 Å². The molecule has 4 rings (SSSR count). The minimum atomic E-state index is -1.50. The number of nitrogen functional groups attached to an aromatic ring is 1. The highest BCUT2D eigenvalue weighted by Crippen LogP contribution is 2.44. The van der Waals surface area contributed by atoms with Crippen molar-refractivity contribution in [2.45, 2.75) is 39.0 Å². The lowest BCUT2D eigenvalue weighted by Gasteiger charge is -2.15. The summed E-state index contributed by atoms with van der Waals surface area (Å²) in [4.78, 5) is 12.5. The van der Waals surface area contributed by atoms with Crippen LogP contribution in [0.1, 0.15) is 33.7 Å². The molecule has 0 aromatic heterocycles. The summed E-state index contributed by atoms with van der Waals surface area (Å²) >= 11 is 0. The average Bonchev–Trinajstić information content (AvgIpc) is 3.10. The zero-order valence-electron chi connectivity index (χ0n) is 19.7. The van der Waals surface area contributed by atoms with Crippen molar-refractivity contribution in [3.63, 3.8) is 0 Å². The predicted molar refractivity (Wildman–Crippen MR) is 138 cm³/mol. The van der Waals surface area contributed by atoms with Gasteiger partial charge in [-0.25, -0.2) is 4.79 Å². The summed E-state index contributed by atoms with van der Waals surface area (Å²) in [7, 11) is -1.50. The highest BCUT2D eigenvalue weighted by atomic mass is 28.3. The summed E-state index contributed by atoms with van der Waals surface area (Å²) in [6.45, 7) is 9.24. The molecule has 168 valence electrons. The Morgan fingerprint density at radius 1 is 1.03 bits per heavy atom. The number of fused-ring (bicyclic) bond motifs is 3. The number of alkyl carbamates (subject to hydrolysis) is 1. The molecular weight excluding hydrogens is 424 g/mol. The lowest BCUT2D eigenvalue weighted by atomic mass is 9.98. The van der Waals surface area contributed by atoms with E-state index in [2.05, 4.69) is 60.7 Å². The van der Waals surface area contributed by atoms with Crippen LogP contribution in [0.2, 0.25) is 19.6 Å². The first-order chi connectivity index (χ1) is 15.7. The summed E-state index contributed by atoms with van der Waals surface area (Å²) in [6, 6.07) is 20.5. The van der Waals surface area contributed by atoms with Gasteiger partial charge in [0.1, 0.15) is 14.7 Å². The van der Waals surface area contributed by atoms with E-state index < -0.39 is 14.2 Å². The van der Waals surface area contributed by atoms with Crippen molar-refractivity contribution in [3.8, 4) is 22.6 Å². The first-order valence-corrected chi connectivity index (χ1v) is 14.7. The van der Waals surface area contributed by atoms with Gasteiger partial charge in [0.25, 0.3) is 0 Å². The van der Waals surface area contributed by atoms with Crippen LogP contribution < -0.4 is 11.1 Å². The Morgan fingerprint density at radius 2 is 1.64 bits per heavy atom. The topological polar surface area (TPSA) is 64.3 Å². The molecule has 0 heterocycles. The molecule has 33 heavy (non-hydrogen) atoms. The first kappa shape index (κ1) is 22.7. The lowest BCUT2D eigenvalue weighted by Crippen LogP contribution is -2.25. The molecule has 0 bridgehead atoms. The number of ether oxygens (including phenoxy) is 1. The second-order valence-electron chi connectivity index (χ2n) is 9.54. The van der Waals surface area contributed by atoms with Crippen LogP contribution in [0.5, 0.6) is 0 Å². The van der Waals surface area contributed by atoms with Crippen molar-refractivity contribution < 1.29 is 9.53 Å². The molecule has 3 N–H and O–H groups in total. The van der Waals surface area contributed by atoms with E-state index in [1.165, 1.54) is 22.3 Å². The van der Waals surface area contributed by atoms with Gasteiger partial charge in [0.15, 0.2) is 0 Å². The number of nitrogens with one attached hydrogen (secondary N) is 1. The van der Waals surface area contributed by atoms with Crippen LogP contribution in [0.4, 0.5) is 10.5 Å². The molecule has 1 aliphatic rings. The highest BCUT2D eigenvalue weighted by molar-refractivity contribution is 6.83. The Morgan fingerprint density at radius 3 is 2.24 bits per heavy atom. The summed E-state index contributed by atoms with van der Waals surface area (Å²) in [5.41, 5.74) is 17.9. The lowest BCUT2D eigenvalue weighted by molar-refractivity contribution is 0.142. The van der Waals surface area contributed by atoms with Gasteiger partial charge in [-0.2, -0.15) is 0 Å². The van der Waals surface area contributed by atoms with Crippen molar-refractivity contribution in [2.75, 3.05) is 12.3 Å². The van der Waals surface area contributed by atoms with E-state index in [1.54, 1.807) is 0 Å². The second kappa shape index (κ2) is 9.17. The van der Waals surface area contributed by atoms with Crippen LogP contribution in [-0.4, -0.2) is 20.8 Å². The molecule has 3 aromatic carbocycles. The van der Waals surface area contributed by atoms with Gasteiger partial charge < -0.3 is 15.8 Å². The maximum absolute atomic E-state index is 12.5. The normalized spacial score (nSPS) is 12.4. The van der Waals surface area contributed by atoms with E-state index in [4.69, 9.17) is 10.5 Å². The fraction of sp³-hybridized carbons (Fsp3) is 0.250. The maximum Gasteiger partial charge on any atom is 0.407 e. The van der Waals surface area contributed by atoms with Gasteiger partial charge in [0.2, 0.25) is 0 Å². The minimum absolute atomic E-state index is 0.0432. The van der Waals surface area contributed by atoms with Gasteiger partial charge in [-0.05, 0) is 52.4 Å². The monoisotopic (exact) mass is 454 g/mol. The van der Waals surface area contributed by atoms with E-state index >= 15 is 0 Å². The summed E-state index contributed by atoms with van der Waals surface area (Å²) in [5, 5.41) is 2.86.